The van der Waals surface area contributed by atoms with Crippen LogP contribution in [0.3, 0.4) is 0 Å². The van der Waals surface area contributed by atoms with Crippen LogP contribution in [0.15, 0.2) is 72.1 Å². The number of ether oxygens (including phenoxy) is 1. The van der Waals surface area contributed by atoms with Gasteiger partial charge < -0.3 is 10.1 Å². The maximum Gasteiger partial charge on any atom is 0.257 e. The van der Waals surface area contributed by atoms with Crippen LogP contribution in [0, 0.1) is 0 Å². The van der Waals surface area contributed by atoms with Crippen molar-refractivity contribution in [2.75, 3.05) is 6.61 Å². The van der Waals surface area contributed by atoms with E-state index >= 15 is 0 Å². The van der Waals surface area contributed by atoms with E-state index in [1.165, 1.54) is 5.56 Å². The zero-order valence-corrected chi connectivity index (χ0v) is 16.3. The van der Waals surface area contributed by atoms with Gasteiger partial charge in [0.15, 0.2) is 5.11 Å². The summed E-state index contributed by atoms with van der Waals surface area (Å²) in [5.74, 6) is 0.496. The number of amides is 1. The van der Waals surface area contributed by atoms with Gasteiger partial charge in [-0.25, -0.2) is 0 Å². The molecule has 6 heteroatoms. The fourth-order valence-electron chi connectivity index (χ4n) is 2.43. The van der Waals surface area contributed by atoms with Gasteiger partial charge in [-0.05, 0) is 53.5 Å². The Balaban J connectivity index is 1.43. The van der Waals surface area contributed by atoms with E-state index in [4.69, 9.17) is 17.0 Å². The van der Waals surface area contributed by atoms with Crippen molar-refractivity contribution < 1.29 is 9.53 Å². The summed E-state index contributed by atoms with van der Waals surface area (Å²) in [5, 5.41) is 8.03. The first kappa shape index (κ1) is 19.1. The van der Waals surface area contributed by atoms with Gasteiger partial charge in [-0.3, -0.25) is 10.1 Å². The Bertz CT molecular complexity index is 863. The van der Waals surface area contributed by atoms with E-state index in [1.807, 2.05) is 35.7 Å². The summed E-state index contributed by atoms with van der Waals surface area (Å²) in [7, 11) is 0. The highest BCUT2D eigenvalue weighted by Crippen LogP contribution is 2.13. The third-order valence-electron chi connectivity index (χ3n) is 3.85. The van der Waals surface area contributed by atoms with Gasteiger partial charge in [0, 0.05) is 16.9 Å². The van der Waals surface area contributed by atoms with E-state index in [2.05, 4.69) is 22.8 Å². The lowest BCUT2D eigenvalue weighted by atomic mass is 10.2. The second kappa shape index (κ2) is 9.85. The number of rotatable bonds is 7. The highest BCUT2D eigenvalue weighted by atomic mass is 32.1. The Hall–Kier alpha value is -2.70. The largest absolute Gasteiger partial charge is 0.493 e. The molecule has 0 saturated carbocycles. The van der Waals surface area contributed by atoms with Crippen molar-refractivity contribution in [2.24, 2.45) is 0 Å². The van der Waals surface area contributed by atoms with Crippen molar-refractivity contribution in [3.05, 3.63) is 88.1 Å². The summed E-state index contributed by atoms with van der Waals surface area (Å²) in [6.45, 7) is 1.19. The van der Waals surface area contributed by atoms with Gasteiger partial charge in [0.25, 0.3) is 5.91 Å². The zero-order valence-electron chi connectivity index (χ0n) is 14.7. The number of carbonyl (C=O) groups excluding carboxylic acids is 1. The van der Waals surface area contributed by atoms with Crippen LogP contribution in [0.2, 0.25) is 0 Å². The van der Waals surface area contributed by atoms with Gasteiger partial charge in [0.2, 0.25) is 0 Å². The van der Waals surface area contributed by atoms with Crippen molar-refractivity contribution in [3.8, 4) is 5.75 Å². The molecule has 0 radical (unpaired) electrons. The second-order valence-electron chi connectivity index (χ2n) is 5.82. The lowest BCUT2D eigenvalue weighted by Gasteiger charge is -2.10. The van der Waals surface area contributed by atoms with Gasteiger partial charge in [-0.15, -0.1) is 11.3 Å². The molecule has 1 amide bonds. The molecule has 0 unspecified atom stereocenters. The molecule has 27 heavy (non-hydrogen) atoms. The van der Waals surface area contributed by atoms with Crippen molar-refractivity contribution in [2.45, 2.75) is 13.0 Å². The molecular formula is C21H20N2O2S2. The summed E-state index contributed by atoms with van der Waals surface area (Å²) < 4.78 is 5.74. The lowest BCUT2D eigenvalue weighted by molar-refractivity contribution is 0.0976. The van der Waals surface area contributed by atoms with E-state index in [0.29, 0.717) is 23.8 Å². The van der Waals surface area contributed by atoms with Gasteiger partial charge in [-0.1, -0.05) is 36.4 Å². The Kier molecular flexibility index (Phi) is 6.96. The molecule has 2 N–H and O–H groups in total. The molecule has 2 aromatic carbocycles. The van der Waals surface area contributed by atoms with Gasteiger partial charge in [0.1, 0.15) is 5.75 Å². The van der Waals surface area contributed by atoms with Crippen molar-refractivity contribution in [1.29, 1.82) is 0 Å². The Morgan fingerprint density at radius 3 is 2.48 bits per heavy atom. The molecule has 1 heterocycles. The number of hydrogen-bond donors (Lipinski definition) is 2. The predicted molar refractivity (Wildman–Crippen MR) is 113 cm³/mol. The lowest BCUT2D eigenvalue weighted by Crippen LogP contribution is -2.38. The average Bonchev–Trinajstić information content (AvgIpc) is 3.21. The molecule has 1 aromatic heterocycles. The number of carbonyl (C=O) groups is 1. The molecular weight excluding hydrogens is 376 g/mol. The summed E-state index contributed by atoms with van der Waals surface area (Å²) in [6.07, 6.45) is 0.841. The fraction of sp³-hybridized carbons (Fsp3) is 0.143. The van der Waals surface area contributed by atoms with Crippen molar-refractivity contribution in [1.82, 2.24) is 10.6 Å². The van der Waals surface area contributed by atoms with E-state index < -0.39 is 0 Å². The highest BCUT2D eigenvalue weighted by molar-refractivity contribution is 7.80. The molecule has 138 valence electrons. The minimum atomic E-state index is -0.241. The summed E-state index contributed by atoms with van der Waals surface area (Å²) in [5.41, 5.74) is 1.77. The number of hydrogen-bond acceptors (Lipinski definition) is 4. The highest BCUT2D eigenvalue weighted by Gasteiger charge is 2.08. The number of thiocarbonyl (C=S) groups is 1. The number of benzene rings is 2. The summed E-state index contributed by atoms with van der Waals surface area (Å²) in [4.78, 5) is 13.4. The smallest absolute Gasteiger partial charge is 0.257 e. The Morgan fingerprint density at radius 1 is 1.00 bits per heavy atom. The van der Waals surface area contributed by atoms with Crippen LogP contribution in [0.5, 0.6) is 5.75 Å². The van der Waals surface area contributed by atoms with E-state index in [0.717, 1.165) is 17.0 Å². The molecule has 0 spiro atoms. The van der Waals surface area contributed by atoms with Gasteiger partial charge >= 0.3 is 0 Å². The number of thiophene rings is 1. The third kappa shape index (κ3) is 6.20. The molecule has 0 saturated heterocycles. The molecule has 4 nitrogen and oxygen atoms in total. The third-order valence-corrected chi connectivity index (χ3v) is 4.97. The first-order valence-corrected chi connectivity index (χ1v) is 9.88. The minimum absolute atomic E-state index is 0.241. The maximum atomic E-state index is 12.2. The van der Waals surface area contributed by atoms with Gasteiger partial charge in [-0.2, -0.15) is 0 Å². The zero-order chi connectivity index (χ0) is 18.9. The molecule has 0 aliphatic heterocycles. The molecule has 0 fully saturated rings. The molecule has 3 rings (SSSR count). The van der Waals surface area contributed by atoms with Crippen LogP contribution in [-0.2, 0) is 13.0 Å². The predicted octanol–water partition coefficient (Wildman–Crippen LogP) is 4.17. The van der Waals surface area contributed by atoms with Crippen LogP contribution < -0.4 is 15.4 Å². The summed E-state index contributed by atoms with van der Waals surface area (Å²) in [6, 6.07) is 21.2. The maximum absolute atomic E-state index is 12.2. The molecule has 3 aromatic rings. The Labute approximate surface area is 168 Å². The molecule has 0 bridgehead atoms. The van der Waals surface area contributed by atoms with Gasteiger partial charge in [0.05, 0.1) is 13.2 Å². The van der Waals surface area contributed by atoms with E-state index in [1.54, 1.807) is 35.6 Å². The number of nitrogens with one attached hydrogen (secondary N) is 2. The van der Waals surface area contributed by atoms with Crippen LogP contribution >= 0.6 is 23.6 Å². The van der Waals surface area contributed by atoms with Crippen LogP contribution in [0.1, 0.15) is 20.8 Å². The minimum Gasteiger partial charge on any atom is -0.493 e. The topological polar surface area (TPSA) is 50.4 Å². The molecule has 0 atom stereocenters. The van der Waals surface area contributed by atoms with Crippen molar-refractivity contribution >= 4 is 34.6 Å². The standard InChI is InChI=1S/C21H20N2O2S2/c24-20(23-21(26)22-15-19-7-4-14-27-19)17-8-10-18(11-9-17)25-13-12-16-5-2-1-3-6-16/h1-11,14H,12-13,15H2,(H2,22,23,24,26). The normalized spacial score (nSPS) is 10.2. The van der Waals surface area contributed by atoms with Crippen LogP contribution in [-0.4, -0.2) is 17.6 Å². The monoisotopic (exact) mass is 396 g/mol. The first-order chi connectivity index (χ1) is 13.2. The average molecular weight is 397 g/mol. The Morgan fingerprint density at radius 2 is 1.78 bits per heavy atom. The molecule has 0 aliphatic rings. The van der Waals surface area contributed by atoms with E-state index in [-0.39, 0.29) is 5.91 Å². The first-order valence-electron chi connectivity index (χ1n) is 8.59. The summed E-state index contributed by atoms with van der Waals surface area (Å²) >= 11 is 6.81. The van der Waals surface area contributed by atoms with Crippen molar-refractivity contribution in [3.63, 3.8) is 0 Å². The van der Waals surface area contributed by atoms with Crippen LogP contribution in [0.25, 0.3) is 0 Å². The molecule has 0 aliphatic carbocycles. The fourth-order valence-corrected chi connectivity index (χ4v) is 3.24. The quantitative estimate of drug-likeness (QED) is 0.589. The van der Waals surface area contributed by atoms with Crippen LogP contribution in [0.4, 0.5) is 0 Å². The SMILES string of the molecule is O=C(NC(=S)NCc1cccs1)c1ccc(OCCc2ccccc2)cc1. The second-order valence-corrected chi connectivity index (χ2v) is 7.27. The van der Waals surface area contributed by atoms with E-state index in [9.17, 15) is 4.79 Å².